The van der Waals surface area contributed by atoms with E-state index >= 15 is 0 Å². The molecule has 26 heavy (non-hydrogen) atoms. The highest BCUT2D eigenvalue weighted by Gasteiger charge is 2.58. The molecular formula is C22H36N2O2. The number of benzene rings is 1. The molecule has 3 rings (SSSR count). The number of hydrogen-bond acceptors (Lipinski definition) is 4. The van der Waals surface area contributed by atoms with Crippen molar-refractivity contribution in [3.8, 4) is 0 Å². The minimum Gasteiger partial charge on any atom is -0.389 e. The van der Waals surface area contributed by atoms with E-state index < -0.39 is 5.60 Å². The molecule has 0 radical (unpaired) electrons. The first-order valence-electron chi connectivity index (χ1n) is 10.2. The quantitative estimate of drug-likeness (QED) is 0.549. The maximum absolute atomic E-state index is 11.5. The molecule has 4 nitrogen and oxygen atoms in total. The summed E-state index contributed by atoms with van der Waals surface area (Å²) < 4.78 is 0. The van der Waals surface area contributed by atoms with Crippen LogP contribution in [0, 0.1) is 11.3 Å². The van der Waals surface area contributed by atoms with E-state index in [1.807, 2.05) is 0 Å². The predicted octanol–water partition coefficient (Wildman–Crippen LogP) is 3.57. The molecule has 0 bridgehead atoms. The summed E-state index contributed by atoms with van der Waals surface area (Å²) in [6, 6.07) is 10.7. The van der Waals surface area contributed by atoms with Gasteiger partial charge in [0, 0.05) is 12.0 Å². The first kappa shape index (κ1) is 19.8. The normalized spacial score (nSPS) is 34.2. The van der Waals surface area contributed by atoms with Crippen molar-refractivity contribution in [3.63, 3.8) is 0 Å². The van der Waals surface area contributed by atoms with Crippen LogP contribution < -0.4 is 5.48 Å². The van der Waals surface area contributed by atoms with E-state index in [4.69, 9.17) is 4.84 Å². The molecular weight excluding hydrogens is 324 g/mol. The standard InChI is InChI=1S/C22H36N2O2/c1-21-12-10-19(18-8-5-4-6-9-18)16-22(21,25)13-11-20(21)17-23-26-15-7-14-24(2)3/h4-6,8-9,19-20,23,25H,7,10-17H2,1-3H3/t19-,20+,21+,22-/m0/s1. The SMILES string of the molecule is CN(C)CCCONC[C@H]1CC[C@]2(O)C[C@@H](c3ccccc3)CC[C@]12C. The van der Waals surface area contributed by atoms with Crippen LogP contribution in [-0.4, -0.2) is 49.4 Å². The van der Waals surface area contributed by atoms with Gasteiger partial charge in [0.1, 0.15) is 0 Å². The fourth-order valence-corrected chi connectivity index (χ4v) is 5.17. The van der Waals surface area contributed by atoms with Crippen molar-refractivity contribution in [2.75, 3.05) is 33.8 Å². The lowest BCUT2D eigenvalue weighted by atomic mass is 9.59. The average Bonchev–Trinajstić information content (AvgIpc) is 2.89. The van der Waals surface area contributed by atoms with E-state index in [0.29, 0.717) is 11.8 Å². The van der Waals surface area contributed by atoms with Crippen LogP contribution >= 0.6 is 0 Å². The van der Waals surface area contributed by atoms with Gasteiger partial charge in [0.15, 0.2) is 0 Å². The van der Waals surface area contributed by atoms with Crippen LogP contribution in [0.25, 0.3) is 0 Å². The maximum atomic E-state index is 11.5. The number of nitrogens with zero attached hydrogens (tertiary/aromatic N) is 1. The summed E-state index contributed by atoms with van der Waals surface area (Å²) in [5.74, 6) is 0.973. The summed E-state index contributed by atoms with van der Waals surface area (Å²) >= 11 is 0. The van der Waals surface area contributed by atoms with Gasteiger partial charge in [-0.3, -0.25) is 0 Å². The Morgan fingerprint density at radius 3 is 2.69 bits per heavy atom. The smallest absolute Gasteiger partial charge is 0.0710 e. The average molecular weight is 361 g/mol. The summed E-state index contributed by atoms with van der Waals surface area (Å²) in [6.07, 6.45) is 6.19. The van der Waals surface area contributed by atoms with Crippen molar-refractivity contribution in [2.45, 2.75) is 57.0 Å². The van der Waals surface area contributed by atoms with E-state index in [1.54, 1.807) is 0 Å². The molecule has 1 aromatic rings. The number of hydroxylamine groups is 1. The molecule has 2 saturated carbocycles. The summed E-state index contributed by atoms with van der Waals surface area (Å²) in [7, 11) is 4.17. The molecule has 0 amide bonds. The number of aliphatic hydroxyl groups is 1. The van der Waals surface area contributed by atoms with Crippen LogP contribution in [-0.2, 0) is 4.84 Å². The summed E-state index contributed by atoms with van der Waals surface area (Å²) in [6.45, 7) is 4.93. The van der Waals surface area contributed by atoms with Gasteiger partial charge in [-0.05, 0) is 76.6 Å². The number of fused-ring (bicyclic) bond motifs is 1. The Labute approximate surface area is 158 Å². The third kappa shape index (κ3) is 4.14. The highest BCUT2D eigenvalue weighted by Crippen LogP contribution is 2.60. The van der Waals surface area contributed by atoms with Crippen molar-refractivity contribution in [3.05, 3.63) is 35.9 Å². The van der Waals surface area contributed by atoms with Crippen LogP contribution in [0.4, 0.5) is 0 Å². The molecule has 0 heterocycles. The zero-order chi connectivity index (χ0) is 18.6. The Bertz CT molecular complexity index is 565. The lowest BCUT2D eigenvalue weighted by Crippen LogP contribution is -2.50. The number of rotatable bonds is 8. The van der Waals surface area contributed by atoms with Gasteiger partial charge in [-0.15, -0.1) is 0 Å². The van der Waals surface area contributed by atoms with E-state index in [9.17, 15) is 5.11 Å². The minimum atomic E-state index is -0.539. The minimum absolute atomic E-state index is 0.00171. The van der Waals surface area contributed by atoms with Crippen molar-refractivity contribution >= 4 is 0 Å². The van der Waals surface area contributed by atoms with E-state index in [-0.39, 0.29) is 5.41 Å². The number of nitrogens with one attached hydrogen (secondary N) is 1. The van der Waals surface area contributed by atoms with Crippen LogP contribution in [0.2, 0.25) is 0 Å². The van der Waals surface area contributed by atoms with Crippen molar-refractivity contribution in [2.24, 2.45) is 11.3 Å². The Morgan fingerprint density at radius 2 is 1.96 bits per heavy atom. The topological polar surface area (TPSA) is 44.7 Å². The molecule has 0 unspecified atom stereocenters. The fraction of sp³-hybridized carbons (Fsp3) is 0.727. The van der Waals surface area contributed by atoms with Crippen molar-refractivity contribution in [1.29, 1.82) is 0 Å². The second-order valence-corrected chi connectivity index (χ2v) is 8.89. The summed E-state index contributed by atoms with van der Waals surface area (Å²) in [4.78, 5) is 7.81. The predicted molar refractivity (Wildman–Crippen MR) is 106 cm³/mol. The highest BCUT2D eigenvalue weighted by atomic mass is 16.6. The molecule has 2 fully saturated rings. The van der Waals surface area contributed by atoms with Crippen LogP contribution in [0.1, 0.15) is 56.9 Å². The second-order valence-electron chi connectivity index (χ2n) is 8.89. The third-order valence-electron chi connectivity index (χ3n) is 7.02. The van der Waals surface area contributed by atoms with Crippen molar-refractivity contribution in [1.82, 2.24) is 10.4 Å². The Morgan fingerprint density at radius 1 is 1.19 bits per heavy atom. The zero-order valence-corrected chi connectivity index (χ0v) is 16.7. The molecule has 4 heteroatoms. The Hall–Kier alpha value is -0.940. The van der Waals surface area contributed by atoms with Gasteiger partial charge < -0.3 is 14.8 Å². The Balaban J connectivity index is 1.52. The first-order valence-corrected chi connectivity index (χ1v) is 10.2. The summed E-state index contributed by atoms with van der Waals surface area (Å²) in [5, 5.41) is 11.5. The molecule has 2 aliphatic rings. The molecule has 1 aromatic carbocycles. The molecule has 2 aliphatic carbocycles. The molecule has 0 aromatic heterocycles. The van der Waals surface area contributed by atoms with Gasteiger partial charge in [0.05, 0.1) is 12.2 Å². The molecule has 0 aliphatic heterocycles. The first-order chi connectivity index (χ1) is 12.4. The third-order valence-corrected chi connectivity index (χ3v) is 7.02. The van der Waals surface area contributed by atoms with Crippen LogP contribution in [0.5, 0.6) is 0 Å². The van der Waals surface area contributed by atoms with E-state index in [2.05, 4.69) is 61.7 Å². The molecule has 2 N–H and O–H groups in total. The highest BCUT2D eigenvalue weighted by molar-refractivity contribution is 5.23. The maximum Gasteiger partial charge on any atom is 0.0710 e. The Kier molecular flexibility index (Phi) is 6.39. The van der Waals surface area contributed by atoms with Crippen LogP contribution in [0.15, 0.2) is 30.3 Å². The molecule has 146 valence electrons. The van der Waals surface area contributed by atoms with Crippen LogP contribution in [0.3, 0.4) is 0 Å². The fourth-order valence-electron chi connectivity index (χ4n) is 5.17. The van der Waals surface area contributed by atoms with E-state index in [1.165, 1.54) is 12.0 Å². The summed E-state index contributed by atoms with van der Waals surface area (Å²) in [5.41, 5.74) is 4.03. The lowest BCUT2D eigenvalue weighted by molar-refractivity contribution is -0.109. The van der Waals surface area contributed by atoms with Crippen molar-refractivity contribution < 1.29 is 9.94 Å². The van der Waals surface area contributed by atoms with Gasteiger partial charge in [0.2, 0.25) is 0 Å². The lowest BCUT2D eigenvalue weighted by Gasteiger charge is -2.49. The largest absolute Gasteiger partial charge is 0.389 e. The molecule has 0 saturated heterocycles. The molecule has 0 spiro atoms. The second kappa shape index (κ2) is 8.39. The number of hydrogen-bond donors (Lipinski definition) is 2. The van der Waals surface area contributed by atoms with Gasteiger partial charge in [0.25, 0.3) is 0 Å². The van der Waals surface area contributed by atoms with Gasteiger partial charge in [-0.1, -0.05) is 37.3 Å². The van der Waals surface area contributed by atoms with Gasteiger partial charge in [-0.2, -0.15) is 0 Å². The zero-order valence-electron chi connectivity index (χ0n) is 16.7. The van der Waals surface area contributed by atoms with E-state index in [0.717, 1.165) is 51.8 Å². The van der Waals surface area contributed by atoms with Gasteiger partial charge >= 0.3 is 0 Å². The van der Waals surface area contributed by atoms with Gasteiger partial charge in [-0.25, -0.2) is 5.48 Å². The monoisotopic (exact) mass is 360 g/mol. The molecule has 4 atom stereocenters.